The monoisotopic (exact) mass is 804 g/mol. The number of alkyl carbamates (subject to hydrolysis) is 1. The van der Waals surface area contributed by atoms with Crippen LogP contribution in [0.2, 0.25) is 0 Å². The molecule has 6 amide bonds. The van der Waals surface area contributed by atoms with Gasteiger partial charge in [0.25, 0.3) is 11.8 Å². The number of hydrogen-bond donors (Lipinski definition) is 4. The minimum absolute atomic E-state index is 0.0124. The van der Waals surface area contributed by atoms with Crippen LogP contribution in [0.25, 0.3) is 0 Å². The van der Waals surface area contributed by atoms with E-state index in [9.17, 15) is 46.4 Å². The van der Waals surface area contributed by atoms with Gasteiger partial charge in [0.05, 0.1) is 18.3 Å². The van der Waals surface area contributed by atoms with E-state index in [0.29, 0.717) is 24.0 Å². The molecule has 2 saturated carbocycles. The maximum atomic E-state index is 14.4. The fourth-order valence-electron chi connectivity index (χ4n) is 7.00. The summed E-state index contributed by atoms with van der Waals surface area (Å²) in [4.78, 5) is 95.1. The lowest BCUT2D eigenvalue weighted by atomic mass is 10.1. The van der Waals surface area contributed by atoms with Gasteiger partial charge in [-0.2, -0.15) is 0 Å². The molecule has 3 aliphatic heterocycles. The molecule has 56 heavy (non-hydrogen) atoms. The summed E-state index contributed by atoms with van der Waals surface area (Å²) < 4.78 is 57.9. The number of carbonyl (C=O) groups is 7. The Morgan fingerprint density at radius 3 is 2.45 bits per heavy atom. The summed E-state index contributed by atoms with van der Waals surface area (Å²) in [5.41, 5.74) is -1.80. The van der Waals surface area contributed by atoms with E-state index in [-0.39, 0.29) is 38.8 Å². The van der Waals surface area contributed by atoms with Gasteiger partial charge < -0.3 is 35.1 Å². The van der Waals surface area contributed by atoms with E-state index in [1.54, 1.807) is 26.8 Å². The molecule has 4 fully saturated rings. The number of ether oxygens (including phenoxy) is 3. The first-order chi connectivity index (χ1) is 26.3. The molecule has 1 aromatic rings. The van der Waals surface area contributed by atoms with Crippen molar-refractivity contribution in [2.24, 2.45) is 5.92 Å². The average molecular weight is 805 g/mol. The Kier molecular flexibility index (Phi) is 11.1. The molecule has 6 rings (SSSR count). The second-order valence-corrected chi connectivity index (χ2v) is 17.6. The van der Waals surface area contributed by atoms with Gasteiger partial charge in [0.2, 0.25) is 21.8 Å². The minimum Gasteiger partial charge on any atom is -0.452 e. The van der Waals surface area contributed by atoms with Crippen molar-refractivity contribution in [2.45, 2.75) is 113 Å². The van der Waals surface area contributed by atoms with Crippen LogP contribution in [0.4, 0.5) is 14.0 Å². The van der Waals surface area contributed by atoms with Gasteiger partial charge in [0, 0.05) is 43.8 Å². The Hall–Kier alpha value is -5.27. The summed E-state index contributed by atoms with van der Waals surface area (Å²) in [5.74, 6) is -5.24. The normalized spacial score (nSPS) is 26.0. The van der Waals surface area contributed by atoms with Gasteiger partial charge in [-0.05, 0) is 51.7 Å². The Labute approximate surface area is 322 Å². The second kappa shape index (κ2) is 15.3. The summed E-state index contributed by atoms with van der Waals surface area (Å²) in [6.07, 6.45) is -2.14. The Morgan fingerprint density at radius 2 is 1.84 bits per heavy atom. The average Bonchev–Trinajstić information content (AvgIpc) is 3.94. The molecule has 0 spiro atoms. The number of esters is 1. The third-order valence-electron chi connectivity index (χ3n) is 10.2. The lowest BCUT2D eigenvalue weighted by molar-refractivity contribution is -0.148. The number of fused-ring (bicyclic) bond motifs is 1. The Balaban J connectivity index is 1.23. The highest BCUT2D eigenvalue weighted by atomic mass is 32.2. The topological polar surface area (TPSA) is 236 Å². The highest BCUT2D eigenvalue weighted by molar-refractivity contribution is 7.91. The maximum absolute atomic E-state index is 14.4. The molecule has 304 valence electrons. The van der Waals surface area contributed by atoms with Crippen LogP contribution in [-0.2, 0) is 61.3 Å². The summed E-state index contributed by atoms with van der Waals surface area (Å²) in [7, 11) is -4.00. The van der Waals surface area contributed by atoms with E-state index < -0.39 is 117 Å². The predicted octanol–water partition coefficient (Wildman–Crippen LogP) is 0.632. The number of likely N-dealkylation sites (tertiary alicyclic amines) is 1. The highest BCUT2D eigenvalue weighted by Gasteiger charge is 2.62. The van der Waals surface area contributed by atoms with Gasteiger partial charge in [0.1, 0.15) is 35.1 Å². The third kappa shape index (κ3) is 8.89. The summed E-state index contributed by atoms with van der Waals surface area (Å²) in [6.45, 7) is 7.49. The van der Waals surface area contributed by atoms with E-state index in [4.69, 9.17) is 14.2 Å². The highest BCUT2D eigenvalue weighted by Crippen LogP contribution is 2.45. The quantitative estimate of drug-likeness (QED) is 0.129. The molecule has 5 aliphatic rings. The summed E-state index contributed by atoms with van der Waals surface area (Å²) >= 11 is 0. The van der Waals surface area contributed by atoms with Crippen LogP contribution >= 0.6 is 0 Å². The molecular formula is C36H45FN6O12S. The number of amides is 6. The third-order valence-corrected chi connectivity index (χ3v) is 12.0. The summed E-state index contributed by atoms with van der Waals surface area (Å²) in [5, 5.41) is 6.80. The van der Waals surface area contributed by atoms with Crippen molar-refractivity contribution < 1.29 is 60.6 Å². The number of nitrogens with one attached hydrogen (secondary N) is 4. The van der Waals surface area contributed by atoms with Gasteiger partial charge >= 0.3 is 18.2 Å². The molecule has 0 aromatic heterocycles. The van der Waals surface area contributed by atoms with Gasteiger partial charge in [-0.15, -0.1) is 6.58 Å². The molecule has 4 N–H and O–H groups in total. The molecular weight excluding hydrogens is 759 g/mol. The van der Waals surface area contributed by atoms with Crippen LogP contribution in [0.1, 0.15) is 70.4 Å². The predicted molar refractivity (Wildman–Crippen MR) is 191 cm³/mol. The molecule has 0 bridgehead atoms. The standard InChI is InChI=1S/C36H45FN6O12S/c1-5-20-14-36(20,32(48)41-56(51,52)22-9-10-22)40-29(45)26-13-21(53-34(50)42-16-19-7-6-8-24(37)23(19)18-42)17-43(26)31(47)25(39-33(49)55-35(2,3)4)15-38-30(46)27-11-12-28(44)54-27/h5-8,20-22,25-27H,1,9-18H2,2-4H3,(H,38,46)(H,39,49)(H,40,45)(H,41,48)/t20?,21?,25-,26-,27+,36+/m0/s1. The van der Waals surface area contributed by atoms with E-state index in [2.05, 4.69) is 27.3 Å². The fourth-order valence-corrected chi connectivity index (χ4v) is 8.36. The van der Waals surface area contributed by atoms with Crippen molar-refractivity contribution in [3.63, 3.8) is 0 Å². The molecule has 2 aliphatic carbocycles. The first-order valence-corrected chi connectivity index (χ1v) is 19.8. The SMILES string of the molecule is C=CC1C[C@]1(NC(=O)[C@@H]1CC(OC(=O)N2Cc3cccc(F)c3C2)CN1C(=O)[C@H](CNC(=O)[C@H]1CCC(=O)O1)NC(=O)OC(C)(C)C)C(=O)NS(=O)(=O)C1CC1. The molecule has 2 unspecified atom stereocenters. The van der Waals surface area contributed by atoms with Crippen LogP contribution in [0.3, 0.4) is 0 Å². The van der Waals surface area contributed by atoms with Crippen LogP contribution in [-0.4, -0.2) is 114 Å². The first-order valence-electron chi connectivity index (χ1n) is 18.3. The fraction of sp³-hybridized carbons (Fsp3) is 0.583. The number of carbonyl (C=O) groups excluding carboxylic acids is 7. The van der Waals surface area contributed by atoms with Gasteiger partial charge in [-0.25, -0.2) is 22.4 Å². The number of hydrogen-bond acceptors (Lipinski definition) is 12. The number of sulfonamides is 1. The van der Waals surface area contributed by atoms with Crippen molar-refractivity contribution in [3.05, 3.63) is 47.8 Å². The van der Waals surface area contributed by atoms with E-state index in [0.717, 1.165) is 4.90 Å². The number of benzene rings is 1. The molecule has 2 saturated heterocycles. The van der Waals surface area contributed by atoms with Crippen LogP contribution in [0.15, 0.2) is 30.9 Å². The van der Waals surface area contributed by atoms with Crippen molar-refractivity contribution in [2.75, 3.05) is 13.1 Å². The number of nitrogens with zero attached hydrogens (tertiary/aromatic N) is 2. The van der Waals surface area contributed by atoms with Gasteiger partial charge in [0.15, 0.2) is 6.10 Å². The van der Waals surface area contributed by atoms with E-state index in [1.165, 1.54) is 23.1 Å². The van der Waals surface area contributed by atoms with Gasteiger partial charge in [-0.3, -0.25) is 33.6 Å². The molecule has 0 radical (unpaired) electrons. The van der Waals surface area contributed by atoms with Crippen LogP contribution < -0.4 is 20.7 Å². The molecule has 18 nitrogen and oxygen atoms in total. The van der Waals surface area contributed by atoms with E-state index in [1.807, 2.05) is 0 Å². The molecule has 1 aromatic carbocycles. The number of halogens is 1. The van der Waals surface area contributed by atoms with Crippen molar-refractivity contribution in [1.82, 2.24) is 30.5 Å². The number of cyclic esters (lactones) is 1. The van der Waals surface area contributed by atoms with Crippen molar-refractivity contribution in [1.29, 1.82) is 0 Å². The Bertz CT molecular complexity index is 1950. The Morgan fingerprint density at radius 1 is 1.11 bits per heavy atom. The smallest absolute Gasteiger partial charge is 0.410 e. The zero-order valence-corrected chi connectivity index (χ0v) is 31.9. The van der Waals surface area contributed by atoms with Gasteiger partial charge in [-0.1, -0.05) is 18.2 Å². The summed E-state index contributed by atoms with van der Waals surface area (Å²) in [6, 6.07) is 1.44. The first kappa shape index (κ1) is 40.4. The number of rotatable bonds is 12. The second-order valence-electron chi connectivity index (χ2n) is 15.6. The van der Waals surface area contributed by atoms with Crippen LogP contribution in [0, 0.1) is 11.7 Å². The maximum Gasteiger partial charge on any atom is 0.410 e. The van der Waals surface area contributed by atoms with E-state index >= 15 is 0 Å². The lowest BCUT2D eigenvalue weighted by Gasteiger charge is -2.30. The lowest BCUT2D eigenvalue weighted by Crippen LogP contribution is -2.60. The zero-order chi connectivity index (χ0) is 40.7. The van der Waals surface area contributed by atoms with Crippen molar-refractivity contribution in [3.8, 4) is 0 Å². The molecule has 20 heteroatoms. The minimum atomic E-state index is -4.00. The zero-order valence-electron chi connectivity index (χ0n) is 31.1. The largest absolute Gasteiger partial charge is 0.452 e. The molecule has 6 atom stereocenters. The van der Waals surface area contributed by atoms with Crippen molar-refractivity contribution >= 4 is 51.8 Å². The van der Waals surface area contributed by atoms with Crippen LogP contribution in [0.5, 0.6) is 0 Å². The molecule has 3 heterocycles.